The summed E-state index contributed by atoms with van der Waals surface area (Å²) in [5, 5.41) is 0. The Morgan fingerprint density at radius 3 is 2.48 bits per heavy atom. The summed E-state index contributed by atoms with van der Waals surface area (Å²) in [6.45, 7) is -0.569. The molecule has 0 radical (unpaired) electrons. The molecule has 0 unspecified atom stereocenters. The number of esters is 1. The Hall–Kier alpha value is -2.74. The number of halogens is 1. The maximum absolute atomic E-state index is 13.2. The third kappa shape index (κ3) is 4.71. The molecule has 142 valence electrons. The maximum Gasteiger partial charge on any atom is 0.338 e. The van der Waals surface area contributed by atoms with E-state index in [-0.39, 0.29) is 17.1 Å². The van der Waals surface area contributed by atoms with Crippen LogP contribution in [0.15, 0.2) is 54.6 Å². The van der Waals surface area contributed by atoms with Gasteiger partial charge in [-0.1, -0.05) is 24.3 Å². The average molecular weight is 391 g/mol. The van der Waals surface area contributed by atoms with Crippen molar-refractivity contribution < 1.29 is 27.1 Å². The van der Waals surface area contributed by atoms with Crippen LogP contribution in [0, 0.1) is 5.82 Å². The summed E-state index contributed by atoms with van der Waals surface area (Å²) < 4.78 is 41.9. The summed E-state index contributed by atoms with van der Waals surface area (Å²) in [6, 6.07) is 13.1. The third-order valence-corrected chi connectivity index (χ3v) is 6.01. The van der Waals surface area contributed by atoms with Crippen molar-refractivity contribution in [2.24, 2.45) is 0 Å². The van der Waals surface area contributed by atoms with Gasteiger partial charge < -0.3 is 9.64 Å². The Bertz CT molecular complexity index is 946. The van der Waals surface area contributed by atoms with E-state index in [1.165, 1.54) is 23.1 Å². The molecule has 1 heterocycles. The van der Waals surface area contributed by atoms with Gasteiger partial charge in [0.05, 0.1) is 23.1 Å². The molecule has 0 N–H and O–H groups in total. The number of carbonyl (C=O) groups excluding carboxylic acids is 2. The fraction of sp³-hybridized carbons (Fsp3) is 0.263. The topological polar surface area (TPSA) is 80.8 Å². The minimum Gasteiger partial charge on any atom is -0.452 e. The predicted octanol–water partition coefficient (Wildman–Crippen LogP) is 2.20. The third-order valence-electron chi connectivity index (χ3n) is 4.26. The lowest BCUT2D eigenvalue weighted by atomic mass is 10.2. The van der Waals surface area contributed by atoms with Crippen LogP contribution in [0.2, 0.25) is 0 Å². The van der Waals surface area contributed by atoms with Crippen LogP contribution in [0.5, 0.6) is 0 Å². The van der Waals surface area contributed by atoms with Gasteiger partial charge in [-0.3, -0.25) is 4.79 Å². The Morgan fingerprint density at radius 2 is 1.85 bits per heavy atom. The normalized spacial score (nSPS) is 18.0. The zero-order chi connectivity index (χ0) is 19.4. The van der Waals surface area contributed by atoms with Gasteiger partial charge in [-0.15, -0.1) is 0 Å². The van der Waals surface area contributed by atoms with Crippen LogP contribution in [0.3, 0.4) is 0 Å². The van der Waals surface area contributed by atoms with Gasteiger partial charge in [-0.05, 0) is 36.8 Å². The van der Waals surface area contributed by atoms with Gasteiger partial charge in [0, 0.05) is 5.69 Å². The van der Waals surface area contributed by atoms with Crippen LogP contribution in [-0.4, -0.2) is 44.4 Å². The summed E-state index contributed by atoms with van der Waals surface area (Å²) in [6.07, 6.45) is 0.320. The van der Waals surface area contributed by atoms with Crippen molar-refractivity contribution in [2.75, 3.05) is 23.0 Å². The van der Waals surface area contributed by atoms with Crippen molar-refractivity contribution in [3.63, 3.8) is 0 Å². The van der Waals surface area contributed by atoms with Crippen molar-refractivity contribution in [1.82, 2.24) is 0 Å². The number of sulfone groups is 1. The molecule has 6 nitrogen and oxygen atoms in total. The molecule has 27 heavy (non-hydrogen) atoms. The number of carbonyl (C=O) groups is 2. The van der Waals surface area contributed by atoms with E-state index in [1.54, 1.807) is 30.3 Å². The fourth-order valence-corrected chi connectivity index (χ4v) is 4.72. The first-order chi connectivity index (χ1) is 12.9. The predicted molar refractivity (Wildman–Crippen MR) is 97.7 cm³/mol. The van der Waals surface area contributed by atoms with Gasteiger partial charge in [0.1, 0.15) is 5.82 Å². The number of ether oxygens (including phenoxy) is 1. The molecular weight excluding hydrogens is 373 g/mol. The van der Waals surface area contributed by atoms with Crippen LogP contribution in [-0.2, 0) is 19.4 Å². The average Bonchev–Trinajstić information content (AvgIpc) is 3.00. The quantitative estimate of drug-likeness (QED) is 0.730. The van der Waals surface area contributed by atoms with Crippen molar-refractivity contribution in [3.8, 4) is 0 Å². The van der Waals surface area contributed by atoms with Gasteiger partial charge in [0.2, 0.25) is 0 Å². The molecule has 0 aliphatic carbocycles. The SMILES string of the molecule is O=C(OCC(=O)N(c1ccccc1)[C@H]1CCS(=O)(=O)C1)c1cccc(F)c1. The molecule has 1 amide bonds. The molecule has 8 heteroatoms. The summed E-state index contributed by atoms with van der Waals surface area (Å²) in [7, 11) is -3.20. The van der Waals surface area contributed by atoms with E-state index < -0.39 is 40.2 Å². The van der Waals surface area contributed by atoms with Crippen LogP contribution in [0.4, 0.5) is 10.1 Å². The molecule has 1 aliphatic rings. The zero-order valence-electron chi connectivity index (χ0n) is 14.4. The first kappa shape index (κ1) is 19.0. The first-order valence-corrected chi connectivity index (χ1v) is 10.2. The lowest BCUT2D eigenvalue weighted by Gasteiger charge is -2.28. The minimum absolute atomic E-state index is 0.00231. The zero-order valence-corrected chi connectivity index (χ0v) is 15.2. The highest BCUT2D eigenvalue weighted by Crippen LogP contribution is 2.24. The van der Waals surface area contributed by atoms with E-state index in [4.69, 9.17) is 4.74 Å². The minimum atomic E-state index is -3.20. The monoisotopic (exact) mass is 391 g/mol. The Kier molecular flexibility index (Phi) is 5.55. The molecular formula is C19H18FNO5S. The molecule has 0 bridgehead atoms. The van der Waals surface area contributed by atoms with E-state index >= 15 is 0 Å². The molecule has 0 aromatic heterocycles. The second-order valence-electron chi connectivity index (χ2n) is 6.24. The Labute approximate surface area is 156 Å². The number of nitrogens with zero attached hydrogens (tertiary/aromatic N) is 1. The molecule has 1 fully saturated rings. The highest BCUT2D eigenvalue weighted by Gasteiger charge is 2.35. The van der Waals surface area contributed by atoms with Crippen LogP contribution < -0.4 is 4.90 Å². The fourth-order valence-electron chi connectivity index (χ4n) is 3.02. The Morgan fingerprint density at radius 1 is 1.11 bits per heavy atom. The molecule has 3 rings (SSSR count). The second kappa shape index (κ2) is 7.87. The smallest absolute Gasteiger partial charge is 0.338 e. The summed E-state index contributed by atoms with van der Waals surface area (Å²) in [4.78, 5) is 26.1. The van der Waals surface area contributed by atoms with Crippen LogP contribution in [0.25, 0.3) is 0 Å². The van der Waals surface area contributed by atoms with Gasteiger partial charge >= 0.3 is 5.97 Å². The number of hydrogen-bond donors (Lipinski definition) is 0. The van der Waals surface area contributed by atoms with Crippen molar-refractivity contribution in [2.45, 2.75) is 12.5 Å². The summed E-state index contributed by atoms with van der Waals surface area (Å²) in [5.41, 5.74) is 0.531. The lowest BCUT2D eigenvalue weighted by molar-refractivity contribution is -0.122. The van der Waals surface area contributed by atoms with Crippen molar-refractivity contribution >= 4 is 27.4 Å². The summed E-state index contributed by atoms with van der Waals surface area (Å²) >= 11 is 0. The molecule has 2 aromatic rings. The number of para-hydroxylation sites is 1. The van der Waals surface area contributed by atoms with E-state index in [1.807, 2.05) is 0 Å². The highest BCUT2D eigenvalue weighted by atomic mass is 32.2. The van der Waals surface area contributed by atoms with Crippen LogP contribution in [0.1, 0.15) is 16.8 Å². The number of rotatable bonds is 5. The largest absolute Gasteiger partial charge is 0.452 e. The van der Waals surface area contributed by atoms with E-state index in [0.29, 0.717) is 12.1 Å². The number of anilines is 1. The maximum atomic E-state index is 13.2. The molecule has 1 aliphatic heterocycles. The molecule has 1 atom stereocenters. The van der Waals surface area contributed by atoms with Crippen molar-refractivity contribution in [1.29, 1.82) is 0 Å². The molecule has 0 spiro atoms. The Balaban J connectivity index is 1.74. The molecule has 0 saturated carbocycles. The van der Waals surface area contributed by atoms with Gasteiger partial charge in [0.25, 0.3) is 5.91 Å². The van der Waals surface area contributed by atoms with E-state index in [9.17, 15) is 22.4 Å². The number of benzene rings is 2. The first-order valence-electron chi connectivity index (χ1n) is 8.36. The van der Waals surface area contributed by atoms with Crippen molar-refractivity contribution in [3.05, 3.63) is 66.0 Å². The second-order valence-corrected chi connectivity index (χ2v) is 8.47. The lowest BCUT2D eigenvalue weighted by Crippen LogP contribution is -2.43. The van der Waals surface area contributed by atoms with Crippen LogP contribution >= 0.6 is 0 Å². The number of amides is 1. The standard InChI is InChI=1S/C19H18FNO5S/c20-15-6-4-5-14(11-15)19(23)26-12-18(22)21(16-7-2-1-3-8-16)17-9-10-27(24,25)13-17/h1-8,11,17H,9-10,12-13H2/t17-/m0/s1. The molecule has 1 saturated heterocycles. The van der Waals surface area contributed by atoms with E-state index in [2.05, 4.69) is 0 Å². The molecule has 2 aromatic carbocycles. The van der Waals surface area contributed by atoms with Gasteiger partial charge in [-0.2, -0.15) is 0 Å². The highest BCUT2D eigenvalue weighted by molar-refractivity contribution is 7.91. The van der Waals surface area contributed by atoms with E-state index in [0.717, 1.165) is 6.07 Å². The van der Waals surface area contributed by atoms with Gasteiger partial charge in [-0.25, -0.2) is 17.6 Å². The summed E-state index contributed by atoms with van der Waals surface area (Å²) in [5.74, 6) is -2.07. The van der Waals surface area contributed by atoms with Gasteiger partial charge in [0.15, 0.2) is 16.4 Å². The number of hydrogen-bond acceptors (Lipinski definition) is 5.